The lowest BCUT2D eigenvalue weighted by molar-refractivity contribution is 0.1000. The molecule has 0 aliphatic heterocycles. The third-order valence-electron chi connectivity index (χ3n) is 5.01. The van der Waals surface area contributed by atoms with Crippen LogP contribution in [0.1, 0.15) is 21.7 Å². The van der Waals surface area contributed by atoms with Crippen molar-refractivity contribution in [1.82, 2.24) is 20.2 Å². The molecule has 152 valence electrons. The first kappa shape index (κ1) is 18.6. The third kappa shape index (κ3) is 3.76. The van der Waals surface area contributed by atoms with Gasteiger partial charge in [-0.2, -0.15) is 5.10 Å². The molecule has 7 nitrogen and oxygen atoms in total. The first-order valence-corrected chi connectivity index (χ1v) is 9.81. The highest BCUT2D eigenvalue weighted by molar-refractivity contribution is 6.08. The number of carbonyl (C=O) groups excluding carboxylic acids is 1. The van der Waals surface area contributed by atoms with Gasteiger partial charge in [0.15, 0.2) is 5.82 Å². The molecule has 0 bridgehead atoms. The molecule has 5 rings (SSSR count). The molecule has 1 amide bonds. The smallest absolute Gasteiger partial charge is 0.253 e. The Morgan fingerprint density at radius 1 is 1.00 bits per heavy atom. The monoisotopic (exact) mass is 409 g/mol. The summed E-state index contributed by atoms with van der Waals surface area (Å²) in [6.45, 7) is 0. The lowest BCUT2D eigenvalue weighted by Gasteiger charge is -2.11. The number of nitrogens with zero attached hydrogens (tertiary/aromatic N) is 2. The number of nitrogens with two attached hydrogens (primary N) is 1. The number of rotatable bonds is 6. The summed E-state index contributed by atoms with van der Waals surface area (Å²) < 4.78 is 6.03. The van der Waals surface area contributed by atoms with Crippen molar-refractivity contribution in [3.8, 4) is 22.9 Å². The highest BCUT2D eigenvalue weighted by Crippen LogP contribution is 2.32. The number of primary amides is 1. The number of fused-ring (bicyclic) bond motifs is 1. The van der Waals surface area contributed by atoms with Gasteiger partial charge >= 0.3 is 0 Å². The van der Waals surface area contributed by atoms with Crippen molar-refractivity contribution in [2.45, 2.75) is 6.42 Å². The Kier molecular flexibility index (Phi) is 4.68. The Morgan fingerprint density at radius 2 is 1.87 bits per heavy atom. The van der Waals surface area contributed by atoms with Crippen LogP contribution in [0.15, 0.2) is 79.0 Å². The molecule has 0 aliphatic rings. The van der Waals surface area contributed by atoms with Gasteiger partial charge in [0.25, 0.3) is 5.91 Å². The van der Waals surface area contributed by atoms with Crippen molar-refractivity contribution in [3.05, 3.63) is 95.9 Å². The Labute approximate surface area is 177 Å². The van der Waals surface area contributed by atoms with E-state index in [1.165, 1.54) is 0 Å². The number of benzene rings is 3. The van der Waals surface area contributed by atoms with E-state index in [0.717, 1.165) is 27.9 Å². The van der Waals surface area contributed by atoms with E-state index in [1.54, 1.807) is 18.3 Å². The summed E-state index contributed by atoms with van der Waals surface area (Å²) in [5.74, 6) is 1.77. The van der Waals surface area contributed by atoms with Crippen LogP contribution in [0.3, 0.4) is 0 Å². The number of H-pyrrole nitrogens is 2. The zero-order valence-electron chi connectivity index (χ0n) is 16.5. The summed E-state index contributed by atoms with van der Waals surface area (Å²) in [5, 5.41) is 8.06. The fourth-order valence-corrected chi connectivity index (χ4v) is 3.57. The number of hydrogen-bond donors (Lipinski definition) is 3. The summed E-state index contributed by atoms with van der Waals surface area (Å²) in [4.78, 5) is 19.7. The molecular weight excluding hydrogens is 390 g/mol. The summed E-state index contributed by atoms with van der Waals surface area (Å²) in [6, 6.07) is 22.9. The van der Waals surface area contributed by atoms with Crippen molar-refractivity contribution in [2.24, 2.45) is 5.73 Å². The highest BCUT2D eigenvalue weighted by atomic mass is 16.5. The molecule has 0 unspecified atom stereocenters. The molecule has 0 spiro atoms. The zero-order valence-corrected chi connectivity index (χ0v) is 16.5. The van der Waals surface area contributed by atoms with Crippen LogP contribution in [0.25, 0.3) is 22.3 Å². The first-order valence-electron chi connectivity index (χ1n) is 9.81. The number of aromatic nitrogens is 4. The molecule has 2 aromatic heterocycles. The minimum absolute atomic E-state index is 0.340. The molecule has 0 saturated heterocycles. The second-order valence-electron chi connectivity index (χ2n) is 7.14. The molecule has 0 fully saturated rings. The van der Waals surface area contributed by atoms with Crippen LogP contribution in [0.4, 0.5) is 0 Å². The second kappa shape index (κ2) is 7.79. The number of ether oxygens (including phenoxy) is 1. The van der Waals surface area contributed by atoms with Gasteiger partial charge in [-0.15, -0.1) is 0 Å². The molecule has 0 radical (unpaired) electrons. The average molecular weight is 409 g/mol. The van der Waals surface area contributed by atoms with Gasteiger partial charge < -0.3 is 15.5 Å². The van der Waals surface area contributed by atoms with Gasteiger partial charge in [0, 0.05) is 29.1 Å². The Morgan fingerprint density at radius 3 is 2.71 bits per heavy atom. The van der Waals surface area contributed by atoms with Gasteiger partial charge in [-0.1, -0.05) is 42.5 Å². The standard InChI is InChI=1S/C24H19N5O2/c25-23(30)22-18-11-12-26-19(18)9-10-20(22)31-17-8-4-7-16(14-17)24-27-21(28-29-24)13-15-5-2-1-3-6-15/h1-12,14,26H,13H2,(H2,25,30)(H,27,28,29). The molecule has 4 N–H and O–H groups in total. The lowest BCUT2D eigenvalue weighted by atomic mass is 10.1. The maximum absolute atomic E-state index is 12.1. The maximum Gasteiger partial charge on any atom is 0.253 e. The van der Waals surface area contributed by atoms with Gasteiger partial charge in [0.2, 0.25) is 0 Å². The van der Waals surface area contributed by atoms with E-state index in [-0.39, 0.29) is 0 Å². The Hall–Kier alpha value is -4.39. The van der Waals surface area contributed by atoms with Gasteiger partial charge in [0.1, 0.15) is 17.3 Å². The van der Waals surface area contributed by atoms with E-state index in [2.05, 4.69) is 20.2 Å². The number of nitrogens with one attached hydrogen (secondary N) is 2. The van der Waals surface area contributed by atoms with Gasteiger partial charge in [-0.05, 0) is 35.9 Å². The largest absolute Gasteiger partial charge is 0.456 e. The van der Waals surface area contributed by atoms with Crippen LogP contribution in [0, 0.1) is 0 Å². The van der Waals surface area contributed by atoms with Crippen molar-refractivity contribution >= 4 is 16.8 Å². The fourth-order valence-electron chi connectivity index (χ4n) is 3.57. The van der Waals surface area contributed by atoms with Gasteiger partial charge in [-0.3, -0.25) is 9.89 Å². The molecule has 7 heteroatoms. The van der Waals surface area contributed by atoms with Crippen molar-refractivity contribution < 1.29 is 9.53 Å². The van der Waals surface area contributed by atoms with Crippen molar-refractivity contribution in [1.29, 1.82) is 0 Å². The number of hydrogen-bond acceptors (Lipinski definition) is 4. The first-order chi connectivity index (χ1) is 15.2. The summed E-state index contributed by atoms with van der Waals surface area (Å²) in [5.41, 5.74) is 8.74. The minimum atomic E-state index is -0.545. The summed E-state index contributed by atoms with van der Waals surface area (Å²) in [7, 11) is 0. The fraction of sp³-hybridized carbons (Fsp3) is 0.0417. The molecule has 31 heavy (non-hydrogen) atoms. The van der Waals surface area contributed by atoms with E-state index < -0.39 is 5.91 Å². The van der Waals surface area contributed by atoms with Crippen molar-refractivity contribution in [3.63, 3.8) is 0 Å². The van der Waals surface area contributed by atoms with Crippen molar-refractivity contribution in [2.75, 3.05) is 0 Å². The summed E-state index contributed by atoms with van der Waals surface area (Å²) >= 11 is 0. The van der Waals surface area contributed by atoms with Crippen LogP contribution >= 0.6 is 0 Å². The quantitative estimate of drug-likeness (QED) is 0.385. The molecule has 0 aliphatic carbocycles. The van der Waals surface area contributed by atoms with Crippen LogP contribution in [-0.2, 0) is 6.42 Å². The third-order valence-corrected chi connectivity index (χ3v) is 5.01. The van der Waals surface area contributed by atoms with Crippen LogP contribution in [-0.4, -0.2) is 26.1 Å². The zero-order chi connectivity index (χ0) is 21.2. The average Bonchev–Trinajstić information content (AvgIpc) is 3.44. The van der Waals surface area contributed by atoms with E-state index in [9.17, 15) is 4.79 Å². The molecule has 2 heterocycles. The van der Waals surface area contributed by atoms with Crippen LogP contribution in [0.2, 0.25) is 0 Å². The minimum Gasteiger partial charge on any atom is -0.456 e. The molecule has 0 saturated carbocycles. The predicted octanol–water partition coefficient (Wildman–Crippen LogP) is 4.44. The molecular formula is C24H19N5O2. The Bertz CT molecular complexity index is 1370. The Balaban J connectivity index is 1.42. The number of amides is 1. The second-order valence-corrected chi connectivity index (χ2v) is 7.14. The van der Waals surface area contributed by atoms with E-state index in [1.807, 2.05) is 60.7 Å². The van der Waals surface area contributed by atoms with E-state index in [4.69, 9.17) is 10.5 Å². The highest BCUT2D eigenvalue weighted by Gasteiger charge is 2.16. The van der Waals surface area contributed by atoms with Gasteiger partial charge in [-0.25, -0.2) is 4.98 Å². The SMILES string of the molecule is NC(=O)c1c(Oc2cccc(-c3n[nH]c(Cc4ccccc4)n3)c2)ccc2[nH]ccc12. The topological polar surface area (TPSA) is 110 Å². The predicted molar refractivity (Wildman–Crippen MR) is 118 cm³/mol. The maximum atomic E-state index is 12.1. The van der Waals surface area contributed by atoms with Crippen LogP contribution < -0.4 is 10.5 Å². The molecule has 0 atom stereocenters. The lowest BCUT2D eigenvalue weighted by Crippen LogP contribution is -2.12. The molecule has 5 aromatic rings. The van der Waals surface area contributed by atoms with Crippen LogP contribution in [0.5, 0.6) is 11.5 Å². The number of carbonyl (C=O) groups is 1. The summed E-state index contributed by atoms with van der Waals surface area (Å²) in [6.07, 6.45) is 2.43. The van der Waals surface area contributed by atoms with Gasteiger partial charge in [0.05, 0.1) is 5.56 Å². The molecule has 3 aromatic carbocycles. The van der Waals surface area contributed by atoms with E-state index in [0.29, 0.717) is 29.3 Å². The normalized spacial score (nSPS) is 11.0. The van der Waals surface area contributed by atoms with E-state index >= 15 is 0 Å². The number of aromatic amines is 2.